The van der Waals surface area contributed by atoms with Crippen LogP contribution in [0.2, 0.25) is 0 Å². The maximum absolute atomic E-state index is 11.0. The Morgan fingerprint density at radius 1 is 1.21 bits per heavy atom. The van der Waals surface area contributed by atoms with E-state index in [1.165, 1.54) is 12.3 Å². The molecule has 1 aromatic carbocycles. The number of carboxylic acid groups (broad SMARTS) is 2. The van der Waals surface area contributed by atoms with Crippen LogP contribution in [0.5, 0.6) is 0 Å². The number of rotatable bonds is 4. The molecule has 0 bridgehead atoms. The number of pyridine rings is 1. The summed E-state index contributed by atoms with van der Waals surface area (Å²) >= 11 is 0. The Morgan fingerprint density at radius 3 is 2.63 bits per heavy atom. The van der Waals surface area contributed by atoms with Crippen LogP contribution in [0, 0.1) is 0 Å². The van der Waals surface area contributed by atoms with Crippen LogP contribution >= 0.6 is 0 Å². The molecule has 2 N–H and O–H groups in total. The lowest BCUT2D eigenvalue weighted by Crippen LogP contribution is -2.06. The van der Waals surface area contributed by atoms with E-state index in [0.29, 0.717) is 5.56 Å². The van der Waals surface area contributed by atoms with Gasteiger partial charge in [-0.25, -0.2) is 4.79 Å². The van der Waals surface area contributed by atoms with Crippen molar-refractivity contribution >= 4 is 28.9 Å². The highest BCUT2D eigenvalue weighted by Gasteiger charge is 2.12. The number of carboxylic acids is 2. The second-order valence-corrected chi connectivity index (χ2v) is 4.01. The summed E-state index contributed by atoms with van der Waals surface area (Å²) in [5.41, 5.74) is 1.19. The molecule has 96 valence electrons. The number of aliphatic carboxylic acids is 2. The number of benzene rings is 1. The fraction of sp³-hybridized carbons (Fsp3) is 0.0714. The third-order valence-corrected chi connectivity index (χ3v) is 2.57. The van der Waals surface area contributed by atoms with Crippen LogP contribution in [0.3, 0.4) is 0 Å². The molecule has 5 nitrogen and oxygen atoms in total. The molecule has 0 aliphatic rings. The highest BCUT2D eigenvalue weighted by molar-refractivity contribution is 5.97. The van der Waals surface area contributed by atoms with E-state index in [-0.39, 0.29) is 5.57 Å². The Bertz CT molecular complexity index is 676. The number of carbonyl (C=O) groups is 2. The van der Waals surface area contributed by atoms with Crippen molar-refractivity contribution in [3.63, 3.8) is 0 Å². The van der Waals surface area contributed by atoms with Gasteiger partial charge in [0.2, 0.25) is 0 Å². The quantitative estimate of drug-likeness (QED) is 0.819. The van der Waals surface area contributed by atoms with Crippen LogP contribution in [-0.2, 0) is 9.59 Å². The summed E-state index contributed by atoms with van der Waals surface area (Å²) in [6.45, 7) is 0. The van der Waals surface area contributed by atoms with E-state index in [4.69, 9.17) is 10.2 Å². The molecule has 0 fully saturated rings. The summed E-state index contributed by atoms with van der Waals surface area (Å²) in [4.78, 5) is 25.7. The average molecular weight is 257 g/mol. The van der Waals surface area contributed by atoms with E-state index in [2.05, 4.69) is 4.98 Å². The first-order valence-corrected chi connectivity index (χ1v) is 5.57. The molecule has 2 rings (SSSR count). The Labute approximate surface area is 108 Å². The summed E-state index contributed by atoms with van der Waals surface area (Å²) < 4.78 is 0. The summed E-state index contributed by atoms with van der Waals surface area (Å²) in [5, 5.41) is 18.5. The third kappa shape index (κ3) is 3.16. The number of aromatic nitrogens is 1. The van der Waals surface area contributed by atoms with Crippen molar-refractivity contribution in [1.82, 2.24) is 4.98 Å². The van der Waals surface area contributed by atoms with Crippen molar-refractivity contribution in [2.24, 2.45) is 0 Å². The molecule has 0 aliphatic heterocycles. The lowest BCUT2D eigenvalue weighted by Gasteiger charge is -2.01. The molecule has 0 saturated carbocycles. The van der Waals surface area contributed by atoms with Crippen molar-refractivity contribution in [2.75, 3.05) is 0 Å². The maximum Gasteiger partial charge on any atom is 0.332 e. The monoisotopic (exact) mass is 257 g/mol. The van der Waals surface area contributed by atoms with Gasteiger partial charge < -0.3 is 10.2 Å². The van der Waals surface area contributed by atoms with Gasteiger partial charge in [-0.3, -0.25) is 9.78 Å². The van der Waals surface area contributed by atoms with Crippen molar-refractivity contribution in [1.29, 1.82) is 0 Å². The highest BCUT2D eigenvalue weighted by Crippen LogP contribution is 2.16. The minimum absolute atomic E-state index is 0.176. The van der Waals surface area contributed by atoms with Crippen LogP contribution in [0.15, 0.2) is 42.1 Å². The number of para-hydroxylation sites is 1. The molecule has 19 heavy (non-hydrogen) atoms. The van der Waals surface area contributed by atoms with Crippen LogP contribution in [0.4, 0.5) is 0 Å². The van der Waals surface area contributed by atoms with Gasteiger partial charge in [-0.05, 0) is 23.8 Å². The second-order valence-electron chi connectivity index (χ2n) is 4.01. The molecule has 0 aliphatic carbocycles. The molecule has 0 saturated heterocycles. The second kappa shape index (κ2) is 5.30. The normalized spacial score (nSPS) is 11.5. The van der Waals surface area contributed by atoms with E-state index in [1.54, 1.807) is 6.07 Å². The van der Waals surface area contributed by atoms with E-state index < -0.39 is 18.4 Å². The first-order valence-electron chi connectivity index (χ1n) is 5.57. The van der Waals surface area contributed by atoms with E-state index >= 15 is 0 Å². The van der Waals surface area contributed by atoms with Crippen molar-refractivity contribution in [3.8, 4) is 0 Å². The molecule has 2 aromatic rings. The smallest absolute Gasteiger partial charge is 0.332 e. The first kappa shape index (κ1) is 12.8. The molecule has 0 radical (unpaired) electrons. The Balaban J connectivity index is 2.42. The van der Waals surface area contributed by atoms with Gasteiger partial charge in [0.15, 0.2) is 0 Å². The van der Waals surface area contributed by atoms with E-state index in [0.717, 1.165) is 10.9 Å². The van der Waals surface area contributed by atoms with Crippen molar-refractivity contribution < 1.29 is 19.8 Å². The van der Waals surface area contributed by atoms with Gasteiger partial charge in [0.05, 0.1) is 11.9 Å². The van der Waals surface area contributed by atoms with Gasteiger partial charge >= 0.3 is 11.9 Å². The molecule has 0 amide bonds. The van der Waals surface area contributed by atoms with Gasteiger partial charge in [0.25, 0.3) is 0 Å². The van der Waals surface area contributed by atoms with Crippen molar-refractivity contribution in [3.05, 3.63) is 47.7 Å². The minimum atomic E-state index is -1.24. The summed E-state index contributed by atoms with van der Waals surface area (Å²) in [6.07, 6.45) is 2.32. The largest absolute Gasteiger partial charge is 0.481 e. The third-order valence-electron chi connectivity index (χ3n) is 2.57. The molecule has 0 atom stereocenters. The molecule has 1 aromatic heterocycles. The zero-order valence-corrected chi connectivity index (χ0v) is 9.91. The zero-order chi connectivity index (χ0) is 13.8. The van der Waals surface area contributed by atoms with Gasteiger partial charge in [0, 0.05) is 17.2 Å². The van der Waals surface area contributed by atoms with E-state index in [1.807, 2.05) is 24.3 Å². The predicted molar refractivity (Wildman–Crippen MR) is 69.6 cm³/mol. The van der Waals surface area contributed by atoms with Gasteiger partial charge in [-0.1, -0.05) is 18.2 Å². The Hall–Kier alpha value is -2.69. The predicted octanol–water partition coefficient (Wildman–Crippen LogP) is 2.18. The lowest BCUT2D eigenvalue weighted by molar-refractivity contribution is -0.139. The summed E-state index contributed by atoms with van der Waals surface area (Å²) in [5.74, 6) is -2.42. The molecular weight excluding hydrogens is 246 g/mol. The fourth-order valence-corrected chi connectivity index (χ4v) is 1.72. The topological polar surface area (TPSA) is 87.5 Å². The first-order chi connectivity index (χ1) is 9.06. The van der Waals surface area contributed by atoms with Crippen LogP contribution in [-0.4, -0.2) is 27.1 Å². The van der Waals surface area contributed by atoms with Gasteiger partial charge in [-0.2, -0.15) is 0 Å². The Morgan fingerprint density at radius 2 is 1.95 bits per heavy atom. The van der Waals surface area contributed by atoms with Gasteiger partial charge in [0.1, 0.15) is 0 Å². The van der Waals surface area contributed by atoms with Crippen LogP contribution in [0.25, 0.3) is 17.0 Å². The highest BCUT2D eigenvalue weighted by atomic mass is 16.4. The SMILES string of the molecule is O=C(O)C/C(=C\c1cnc2ccccc2c1)C(=O)O. The van der Waals surface area contributed by atoms with Crippen molar-refractivity contribution in [2.45, 2.75) is 6.42 Å². The minimum Gasteiger partial charge on any atom is -0.481 e. The number of hydrogen-bond acceptors (Lipinski definition) is 3. The number of fused-ring (bicyclic) bond motifs is 1. The molecular formula is C14H11NO4. The van der Waals surface area contributed by atoms with E-state index in [9.17, 15) is 9.59 Å². The van der Waals surface area contributed by atoms with Crippen LogP contribution in [0.1, 0.15) is 12.0 Å². The molecule has 5 heteroatoms. The number of hydrogen-bond donors (Lipinski definition) is 2. The molecule has 0 spiro atoms. The summed E-state index contributed by atoms with van der Waals surface area (Å²) in [7, 11) is 0. The average Bonchev–Trinajstić information content (AvgIpc) is 2.37. The lowest BCUT2D eigenvalue weighted by atomic mass is 10.1. The molecule has 1 heterocycles. The fourth-order valence-electron chi connectivity index (χ4n) is 1.72. The van der Waals surface area contributed by atoms with Gasteiger partial charge in [-0.15, -0.1) is 0 Å². The zero-order valence-electron chi connectivity index (χ0n) is 9.91. The summed E-state index contributed by atoms with van der Waals surface area (Å²) in [6, 6.07) is 9.19. The standard InChI is InChI=1S/C14H11NO4/c16-13(17)7-11(14(18)19)6-9-5-10-3-1-2-4-12(10)15-8-9/h1-6,8H,7H2,(H,16,17)(H,18,19)/b11-6+. The van der Waals surface area contributed by atoms with Crippen LogP contribution < -0.4 is 0 Å². The molecule has 0 unspecified atom stereocenters. The number of nitrogens with zero attached hydrogens (tertiary/aromatic N) is 1. The maximum atomic E-state index is 11.0. The Kier molecular flexibility index (Phi) is 3.56.